The quantitative estimate of drug-likeness (QED) is 0.509. The Morgan fingerprint density at radius 1 is 1.46 bits per heavy atom. The van der Waals surface area contributed by atoms with Crippen LogP contribution in [0.4, 0.5) is 0 Å². The molecule has 3 aliphatic rings. The molecule has 1 saturated carbocycles. The zero-order valence-corrected chi connectivity index (χ0v) is 14.0. The van der Waals surface area contributed by atoms with Crippen LogP contribution in [0.25, 0.3) is 0 Å². The van der Waals surface area contributed by atoms with E-state index in [2.05, 4.69) is 16.0 Å². The Balaban J connectivity index is 1.41. The highest BCUT2D eigenvalue weighted by molar-refractivity contribution is 5.93. The van der Waals surface area contributed by atoms with Gasteiger partial charge in [-0.2, -0.15) is 0 Å². The summed E-state index contributed by atoms with van der Waals surface area (Å²) < 4.78 is 0. The summed E-state index contributed by atoms with van der Waals surface area (Å²) in [7, 11) is 0. The van der Waals surface area contributed by atoms with Crippen LogP contribution in [0.1, 0.15) is 53.7 Å². The molecule has 0 saturated heterocycles. The summed E-state index contributed by atoms with van der Waals surface area (Å²) in [5.41, 5.74) is 6.03. The first-order valence-electron chi connectivity index (χ1n) is 9.06. The van der Waals surface area contributed by atoms with Crippen LogP contribution in [0, 0.1) is 11.8 Å². The van der Waals surface area contributed by atoms with E-state index in [1.165, 1.54) is 32.1 Å². The summed E-state index contributed by atoms with van der Waals surface area (Å²) in [5, 5.41) is 8.80. The molecule has 1 aromatic heterocycles. The summed E-state index contributed by atoms with van der Waals surface area (Å²) in [6.45, 7) is 3.06. The number of carbonyl (C=O) groups excluding carboxylic acids is 1. The Labute approximate surface area is 142 Å². The predicted octanol–water partition coefficient (Wildman–Crippen LogP) is 2.70. The van der Waals surface area contributed by atoms with Crippen LogP contribution >= 0.6 is 0 Å². The van der Waals surface area contributed by atoms with Crippen molar-refractivity contribution in [2.75, 3.05) is 13.1 Å². The average Bonchev–Trinajstić information content (AvgIpc) is 3.31. The molecule has 1 unspecified atom stereocenters. The van der Waals surface area contributed by atoms with Crippen LogP contribution in [0.3, 0.4) is 0 Å². The summed E-state index contributed by atoms with van der Waals surface area (Å²) >= 11 is 0. The number of hydrogen-bond donors (Lipinski definition) is 2. The monoisotopic (exact) mass is 327 g/mol. The van der Waals surface area contributed by atoms with Crippen molar-refractivity contribution >= 4 is 5.91 Å². The molecule has 1 aromatic rings. The smallest absolute Gasteiger partial charge is 0.276 e. The zero-order chi connectivity index (χ0) is 16.5. The Morgan fingerprint density at radius 3 is 3.25 bits per heavy atom. The van der Waals surface area contributed by atoms with Gasteiger partial charge >= 0.3 is 0 Å². The maximum atomic E-state index is 11.6. The van der Waals surface area contributed by atoms with Crippen molar-refractivity contribution < 1.29 is 10.0 Å². The van der Waals surface area contributed by atoms with Gasteiger partial charge in [-0.1, -0.05) is 11.6 Å². The van der Waals surface area contributed by atoms with E-state index in [1.54, 1.807) is 17.3 Å². The molecular weight excluding hydrogens is 302 g/mol. The topological polar surface area (TPSA) is 65.5 Å². The number of hydrogen-bond acceptors (Lipinski definition) is 4. The Bertz CT molecular complexity index is 671. The van der Waals surface area contributed by atoms with Crippen molar-refractivity contribution in [3.05, 3.63) is 40.7 Å². The number of carbonyl (C=O) groups is 1. The number of pyridine rings is 1. The molecule has 2 heterocycles. The zero-order valence-electron chi connectivity index (χ0n) is 14.0. The summed E-state index contributed by atoms with van der Waals surface area (Å²) in [6.07, 6.45) is 11.5. The number of nitrogens with zero attached hydrogens (tertiary/aromatic N) is 2. The van der Waals surface area contributed by atoms with Gasteiger partial charge in [0.2, 0.25) is 0 Å². The molecule has 128 valence electrons. The molecular formula is C19H25N3O2. The highest BCUT2D eigenvalue weighted by Gasteiger charge is 2.33. The molecule has 24 heavy (non-hydrogen) atoms. The third kappa shape index (κ3) is 3.37. The van der Waals surface area contributed by atoms with Gasteiger partial charge in [-0.3, -0.25) is 19.9 Å². The van der Waals surface area contributed by atoms with Crippen LogP contribution in [0.2, 0.25) is 0 Å². The highest BCUT2D eigenvalue weighted by Crippen LogP contribution is 2.45. The summed E-state index contributed by atoms with van der Waals surface area (Å²) in [6, 6.07) is 1.87. The molecule has 4 rings (SSSR count). The van der Waals surface area contributed by atoms with Crippen molar-refractivity contribution in [3.8, 4) is 0 Å². The molecule has 2 atom stereocenters. The number of fused-ring (bicyclic) bond motifs is 2. The predicted molar refractivity (Wildman–Crippen MR) is 90.6 cm³/mol. The van der Waals surface area contributed by atoms with Gasteiger partial charge in [0, 0.05) is 37.9 Å². The first-order valence-corrected chi connectivity index (χ1v) is 9.06. The van der Waals surface area contributed by atoms with Gasteiger partial charge in [-0.05, 0) is 55.6 Å². The summed E-state index contributed by atoms with van der Waals surface area (Å²) in [5.74, 6) is 1.17. The van der Waals surface area contributed by atoms with Crippen molar-refractivity contribution in [1.82, 2.24) is 15.4 Å². The van der Waals surface area contributed by atoms with E-state index >= 15 is 0 Å². The fraction of sp³-hybridized carbons (Fsp3) is 0.579. The number of hydroxylamine groups is 1. The maximum absolute atomic E-state index is 11.6. The molecule has 5 nitrogen and oxygen atoms in total. The lowest BCUT2D eigenvalue weighted by atomic mass is 9.92. The molecule has 1 amide bonds. The Kier molecular flexibility index (Phi) is 4.37. The lowest BCUT2D eigenvalue weighted by Gasteiger charge is -2.32. The van der Waals surface area contributed by atoms with E-state index in [4.69, 9.17) is 5.21 Å². The third-order valence-corrected chi connectivity index (χ3v) is 5.69. The van der Waals surface area contributed by atoms with Crippen molar-refractivity contribution in [3.63, 3.8) is 0 Å². The van der Waals surface area contributed by atoms with Gasteiger partial charge < -0.3 is 0 Å². The molecule has 2 aliphatic carbocycles. The van der Waals surface area contributed by atoms with Gasteiger partial charge in [-0.15, -0.1) is 0 Å². The molecule has 1 fully saturated rings. The molecule has 0 spiro atoms. The van der Waals surface area contributed by atoms with E-state index in [1.807, 2.05) is 6.07 Å². The van der Waals surface area contributed by atoms with Crippen LogP contribution in [0.5, 0.6) is 0 Å². The standard InChI is InChI=1S/C19H25N3O2/c23-19(21-24)16-9-17-12-22(6-5-18(17)20-10-16)11-13-3-1-2-4-14-8-15(14)7-13/h4,9-10,13,15,24H,1-3,5-8,11-12H2,(H,21,23)/b14-4-/t13-,15?/m0/s1. The highest BCUT2D eigenvalue weighted by atomic mass is 16.5. The lowest BCUT2D eigenvalue weighted by Crippen LogP contribution is -2.35. The molecule has 0 aromatic carbocycles. The number of nitrogens with one attached hydrogen (secondary N) is 1. The summed E-state index contributed by atoms with van der Waals surface area (Å²) in [4.78, 5) is 18.5. The van der Waals surface area contributed by atoms with Crippen molar-refractivity contribution in [1.29, 1.82) is 0 Å². The maximum Gasteiger partial charge on any atom is 0.276 e. The van der Waals surface area contributed by atoms with Crippen LogP contribution in [0.15, 0.2) is 23.9 Å². The normalized spacial score (nSPS) is 28.6. The second-order valence-corrected chi connectivity index (χ2v) is 7.47. The molecule has 5 heteroatoms. The van der Waals surface area contributed by atoms with E-state index in [9.17, 15) is 4.79 Å². The van der Waals surface area contributed by atoms with Crippen LogP contribution in [-0.4, -0.2) is 34.1 Å². The van der Waals surface area contributed by atoms with Crippen molar-refractivity contribution in [2.24, 2.45) is 11.8 Å². The van der Waals surface area contributed by atoms with Crippen LogP contribution < -0.4 is 5.48 Å². The number of amides is 1. The first kappa shape index (κ1) is 15.8. The minimum absolute atomic E-state index is 0.428. The number of allylic oxidation sites excluding steroid dienone is 2. The second kappa shape index (κ2) is 6.65. The van der Waals surface area contributed by atoms with E-state index in [0.29, 0.717) is 5.56 Å². The number of aromatic nitrogens is 1. The fourth-order valence-electron chi connectivity index (χ4n) is 4.28. The lowest BCUT2D eigenvalue weighted by molar-refractivity contribution is 0.0705. The first-order chi connectivity index (χ1) is 11.7. The van der Waals surface area contributed by atoms with E-state index in [-0.39, 0.29) is 0 Å². The minimum atomic E-state index is -0.490. The molecule has 1 aliphatic heterocycles. The SMILES string of the molecule is O=C(NO)c1cnc2c(c1)CN(C[C@H]1CCC/C=C3/CC3C1)CC2. The van der Waals surface area contributed by atoms with Gasteiger partial charge in [0.15, 0.2) is 0 Å². The minimum Gasteiger partial charge on any atom is -0.298 e. The van der Waals surface area contributed by atoms with Gasteiger partial charge in [-0.25, -0.2) is 5.48 Å². The van der Waals surface area contributed by atoms with Crippen LogP contribution in [-0.2, 0) is 13.0 Å². The Morgan fingerprint density at radius 2 is 2.38 bits per heavy atom. The molecule has 2 N–H and O–H groups in total. The van der Waals surface area contributed by atoms with Gasteiger partial charge in [0.05, 0.1) is 5.56 Å². The average molecular weight is 327 g/mol. The molecule has 0 bridgehead atoms. The van der Waals surface area contributed by atoms with E-state index < -0.39 is 5.91 Å². The number of rotatable bonds is 3. The van der Waals surface area contributed by atoms with Crippen molar-refractivity contribution in [2.45, 2.75) is 45.1 Å². The van der Waals surface area contributed by atoms with Gasteiger partial charge in [0.25, 0.3) is 5.91 Å². The second-order valence-electron chi connectivity index (χ2n) is 7.47. The third-order valence-electron chi connectivity index (χ3n) is 5.69. The van der Waals surface area contributed by atoms with Gasteiger partial charge in [0.1, 0.15) is 0 Å². The Hall–Kier alpha value is -1.72. The largest absolute Gasteiger partial charge is 0.298 e. The van der Waals surface area contributed by atoms with E-state index in [0.717, 1.165) is 49.1 Å². The fourth-order valence-corrected chi connectivity index (χ4v) is 4.28. The molecule has 0 radical (unpaired) electrons.